The normalized spacial score (nSPS) is 16.8. The number of pyridine rings is 1. The van der Waals surface area contributed by atoms with Gasteiger partial charge in [-0.2, -0.15) is 0 Å². The first-order chi connectivity index (χ1) is 18.5. The topological polar surface area (TPSA) is 117 Å². The number of hydrogen-bond donors (Lipinski definition) is 3. The van der Waals surface area contributed by atoms with Gasteiger partial charge in [0.2, 0.25) is 5.91 Å². The van der Waals surface area contributed by atoms with Crippen LogP contribution in [0.2, 0.25) is 0 Å². The second kappa shape index (κ2) is 10.8. The Morgan fingerprint density at radius 3 is 2.55 bits per heavy atom. The zero-order valence-electron chi connectivity index (χ0n) is 20.3. The van der Waals surface area contributed by atoms with Gasteiger partial charge in [0.05, 0.1) is 17.3 Å². The van der Waals surface area contributed by atoms with Crippen molar-refractivity contribution < 1.29 is 23.8 Å². The van der Waals surface area contributed by atoms with Crippen molar-refractivity contribution in [3.8, 4) is 11.3 Å². The number of hydrogen-bond acceptors (Lipinski definition) is 6. The number of carbonyl (C=O) groups excluding carboxylic acids is 1. The highest BCUT2D eigenvalue weighted by Gasteiger charge is 2.42. The predicted octanol–water partition coefficient (Wildman–Crippen LogP) is 4.80. The summed E-state index contributed by atoms with van der Waals surface area (Å²) in [4.78, 5) is 30.2. The zero-order chi connectivity index (χ0) is 26.6. The molecule has 38 heavy (non-hydrogen) atoms. The number of amides is 1. The minimum atomic E-state index is -1.03. The van der Waals surface area contributed by atoms with Crippen LogP contribution < -0.4 is 15.5 Å². The highest BCUT2D eigenvalue weighted by molar-refractivity contribution is 7.80. The summed E-state index contributed by atoms with van der Waals surface area (Å²) in [5.74, 6) is -0.267. The summed E-state index contributed by atoms with van der Waals surface area (Å²) in [6.07, 6.45) is 1.72. The molecular weight excluding hydrogens is 504 g/mol. The van der Waals surface area contributed by atoms with E-state index in [4.69, 9.17) is 21.4 Å². The molecule has 0 spiro atoms. The van der Waals surface area contributed by atoms with Crippen molar-refractivity contribution in [3.05, 3.63) is 102 Å². The highest BCUT2D eigenvalue weighted by atomic mass is 32.1. The molecule has 1 amide bonds. The molecule has 4 aromatic rings. The minimum Gasteiger partial charge on any atom is -0.478 e. The van der Waals surface area contributed by atoms with E-state index in [0.29, 0.717) is 27.9 Å². The number of carboxylic acids is 1. The number of benzene rings is 2. The summed E-state index contributed by atoms with van der Waals surface area (Å²) >= 11 is 5.75. The summed E-state index contributed by atoms with van der Waals surface area (Å²) in [5.41, 5.74) is 2.81. The zero-order valence-corrected chi connectivity index (χ0v) is 21.1. The van der Waals surface area contributed by atoms with Crippen molar-refractivity contribution >= 4 is 40.6 Å². The van der Waals surface area contributed by atoms with Crippen molar-refractivity contribution in [1.82, 2.24) is 10.3 Å². The van der Waals surface area contributed by atoms with E-state index in [0.717, 1.165) is 11.4 Å². The first-order valence-corrected chi connectivity index (χ1v) is 12.2. The number of methoxy groups -OCH3 is 1. The number of carbonyl (C=O) groups is 2. The molecule has 2 aromatic carbocycles. The summed E-state index contributed by atoms with van der Waals surface area (Å²) in [6, 6.07) is 22.5. The largest absolute Gasteiger partial charge is 0.478 e. The van der Waals surface area contributed by atoms with Crippen LogP contribution in [-0.2, 0) is 9.53 Å². The number of aromatic carboxylic acids is 1. The molecule has 0 saturated carbocycles. The SMILES string of the molecule is COCC(=O)Nc1ccc(N2C(=S)NC(c3ccccn3)C2c2ccc(-c3ccccc3C(=O)O)o2)cc1. The van der Waals surface area contributed by atoms with E-state index < -0.39 is 12.0 Å². The average molecular weight is 529 g/mol. The van der Waals surface area contributed by atoms with Crippen LogP contribution in [0.3, 0.4) is 0 Å². The number of thiocarbonyl (C=S) groups is 1. The minimum absolute atomic E-state index is 0.0401. The Kier molecular flexibility index (Phi) is 7.16. The molecule has 1 aliphatic rings. The van der Waals surface area contributed by atoms with Crippen LogP contribution in [-0.4, -0.2) is 40.8 Å². The highest BCUT2D eigenvalue weighted by Crippen LogP contribution is 2.43. The smallest absolute Gasteiger partial charge is 0.336 e. The summed E-state index contributed by atoms with van der Waals surface area (Å²) in [7, 11) is 1.46. The van der Waals surface area contributed by atoms with Crippen molar-refractivity contribution in [2.24, 2.45) is 0 Å². The Morgan fingerprint density at radius 1 is 1.08 bits per heavy atom. The quantitative estimate of drug-likeness (QED) is 0.277. The Morgan fingerprint density at radius 2 is 1.84 bits per heavy atom. The van der Waals surface area contributed by atoms with Gasteiger partial charge in [0.15, 0.2) is 5.11 Å². The lowest BCUT2D eigenvalue weighted by molar-refractivity contribution is -0.119. The number of furan rings is 1. The predicted molar refractivity (Wildman–Crippen MR) is 146 cm³/mol. The fourth-order valence-corrected chi connectivity index (χ4v) is 4.84. The van der Waals surface area contributed by atoms with Crippen LogP contribution in [0.1, 0.15) is 33.9 Å². The van der Waals surface area contributed by atoms with Gasteiger partial charge in [-0.1, -0.05) is 24.3 Å². The molecule has 3 heterocycles. The number of anilines is 2. The molecule has 192 valence electrons. The van der Waals surface area contributed by atoms with E-state index in [2.05, 4.69) is 15.6 Å². The third-order valence-electron chi connectivity index (χ3n) is 6.14. The molecule has 2 atom stereocenters. The van der Waals surface area contributed by atoms with Crippen molar-refractivity contribution in [1.29, 1.82) is 0 Å². The van der Waals surface area contributed by atoms with Crippen LogP contribution in [0.25, 0.3) is 11.3 Å². The molecule has 2 unspecified atom stereocenters. The number of carboxylic acid groups (broad SMARTS) is 1. The third-order valence-corrected chi connectivity index (χ3v) is 6.46. The van der Waals surface area contributed by atoms with Gasteiger partial charge < -0.3 is 29.8 Å². The van der Waals surface area contributed by atoms with Gasteiger partial charge in [0.25, 0.3) is 0 Å². The Hall–Kier alpha value is -4.54. The van der Waals surface area contributed by atoms with Gasteiger partial charge in [-0.05, 0) is 66.8 Å². The Labute approximate surface area is 224 Å². The molecule has 1 saturated heterocycles. The molecule has 1 fully saturated rings. The van der Waals surface area contributed by atoms with E-state index in [1.54, 1.807) is 48.7 Å². The van der Waals surface area contributed by atoms with Crippen LogP contribution in [0.5, 0.6) is 0 Å². The number of nitrogens with zero attached hydrogens (tertiary/aromatic N) is 2. The average Bonchev–Trinajstić information content (AvgIpc) is 3.54. The van der Waals surface area contributed by atoms with E-state index in [-0.39, 0.29) is 24.1 Å². The molecule has 5 rings (SSSR count). The molecule has 3 N–H and O–H groups in total. The van der Waals surface area contributed by atoms with Gasteiger partial charge in [-0.15, -0.1) is 0 Å². The van der Waals surface area contributed by atoms with E-state index in [1.165, 1.54) is 7.11 Å². The maximum atomic E-state index is 11.9. The van der Waals surface area contributed by atoms with Crippen LogP contribution in [0, 0.1) is 0 Å². The molecule has 0 aliphatic carbocycles. The van der Waals surface area contributed by atoms with Gasteiger partial charge in [0.1, 0.15) is 24.2 Å². The number of rotatable bonds is 8. The fraction of sp³-hybridized carbons (Fsp3) is 0.143. The number of ether oxygens (including phenoxy) is 1. The van der Waals surface area contributed by atoms with Crippen LogP contribution in [0.4, 0.5) is 11.4 Å². The lowest BCUT2D eigenvalue weighted by atomic mass is 10.0. The van der Waals surface area contributed by atoms with Crippen LogP contribution >= 0.6 is 12.2 Å². The fourth-order valence-electron chi connectivity index (χ4n) is 4.50. The molecule has 0 bridgehead atoms. The molecule has 1 aliphatic heterocycles. The maximum absolute atomic E-state index is 11.9. The second-order valence-electron chi connectivity index (χ2n) is 8.58. The standard InChI is InChI=1S/C28H24N4O5S/c1-36-16-24(33)30-17-9-11-18(12-10-17)32-26(25(31-28(32)38)21-8-4-5-15-29-21)23-14-13-22(37-23)19-6-2-3-7-20(19)27(34)35/h2-15,25-26H,16H2,1H3,(H,30,33)(H,31,38)(H,34,35). The van der Waals surface area contributed by atoms with E-state index >= 15 is 0 Å². The van der Waals surface area contributed by atoms with Gasteiger partial charge in [-0.25, -0.2) is 4.79 Å². The lowest BCUT2D eigenvalue weighted by Gasteiger charge is -2.26. The Bertz CT molecular complexity index is 1470. The van der Waals surface area contributed by atoms with Crippen molar-refractivity contribution in [3.63, 3.8) is 0 Å². The molecular formula is C28H24N4O5S. The van der Waals surface area contributed by atoms with Crippen molar-refractivity contribution in [2.45, 2.75) is 12.1 Å². The number of nitrogens with one attached hydrogen (secondary N) is 2. The van der Waals surface area contributed by atoms with E-state index in [1.807, 2.05) is 41.3 Å². The first-order valence-electron chi connectivity index (χ1n) is 11.8. The van der Waals surface area contributed by atoms with E-state index in [9.17, 15) is 14.7 Å². The summed E-state index contributed by atoms with van der Waals surface area (Å²) in [6.45, 7) is -0.0401. The molecule has 10 heteroatoms. The second-order valence-corrected chi connectivity index (χ2v) is 8.96. The monoisotopic (exact) mass is 528 g/mol. The summed E-state index contributed by atoms with van der Waals surface area (Å²) in [5, 5.41) is 16.3. The van der Waals surface area contributed by atoms with Gasteiger partial charge in [0, 0.05) is 30.2 Å². The molecule has 2 aromatic heterocycles. The summed E-state index contributed by atoms with van der Waals surface area (Å²) < 4.78 is 11.2. The molecule has 9 nitrogen and oxygen atoms in total. The third kappa shape index (κ3) is 4.99. The molecule has 0 radical (unpaired) electrons. The van der Waals surface area contributed by atoms with Crippen LogP contribution in [0.15, 0.2) is 89.5 Å². The van der Waals surface area contributed by atoms with Gasteiger partial charge in [-0.3, -0.25) is 9.78 Å². The maximum Gasteiger partial charge on any atom is 0.336 e. The van der Waals surface area contributed by atoms with Crippen molar-refractivity contribution in [2.75, 3.05) is 23.9 Å². The lowest BCUT2D eigenvalue weighted by Crippen LogP contribution is -2.29. The van der Waals surface area contributed by atoms with Gasteiger partial charge >= 0.3 is 5.97 Å². The number of aromatic nitrogens is 1. The first kappa shape index (κ1) is 25.1. The Balaban J connectivity index is 1.53.